The van der Waals surface area contributed by atoms with Crippen molar-refractivity contribution in [3.8, 4) is 0 Å². The first-order valence-electron chi connectivity index (χ1n) is 5.83. The van der Waals surface area contributed by atoms with Crippen molar-refractivity contribution in [2.24, 2.45) is 0 Å². The molecule has 1 aliphatic rings. The number of ketones is 1. The lowest BCUT2D eigenvalue weighted by Crippen LogP contribution is -2.51. The molecule has 88 valence electrons. The van der Waals surface area contributed by atoms with Crippen LogP contribution in [0.25, 0.3) is 0 Å². The highest BCUT2D eigenvalue weighted by atomic mass is 16.1. The minimum absolute atomic E-state index is 0.209. The Morgan fingerprint density at radius 1 is 1.40 bits per heavy atom. The average Bonchev–Trinajstić information content (AvgIpc) is 2.11. The second-order valence-electron chi connectivity index (χ2n) is 5.43. The van der Waals surface area contributed by atoms with Crippen LogP contribution in [0.2, 0.25) is 0 Å². The molecule has 0 unspecified atom stereocenters. The number of hydrogen-bond acceptors (Lipinski definition) is 3. The van der Waals surface area contributed by atoms with Crippen LogP contribution in [-0.4, -0.2) is 54.9 Å². The lowest BCUT2D eigenvalue weighted by molar-refractivity contribution is -0.125. The van der Waals surface area contributed by atoms with E-state index in [9.17, 15) is 4.79 Å². The van der Waals surface area contributed by atoms with Gasteiger partial charge in [0.15, 0.2) is 0 Å². The van der Waals surface area contributed by atoms with Gasteiger partial charge in [-0.2, -0.15) is 0 Å². The summed E-state index contributed by atoms with van der Waals surface area (Å²) in [7, 11) is 4.18. The van der Waals surface area contributed by atoms with E-state index in [1.165, 1.54) is 0 Å². The first kappa shape index (κ1) is 12.7. The molecule has 1 heterocycles. The molecule has 1 fully saturated rings. The molecule has 0 aromatic heterocycles. The van der Waals surface area contributed by atoms with E-state index >= 15 is 0 Å². The van der Waals surface area contributed by atoms with E-state index in [4.69, 9.17) is 0 Å². The molecule has 15 heavy (non-hydrogen) atoms. The highest BCUT2D eigenvalue weighted by Crippen LogP contribution is 2.25. The van der Waals surface area contributed by atoms with Gasteiger partial charge in [0, 0.05) is 18.5 Å². The van der Waals surface area contributed by atoms with Crippen LogP contribution in [0.5, 0.6) is 0 Å². The minimum atomic E-state index is 0.209. The maximum absolute atomic E-state index is 11.4. The summed E-state index contributed by atoms with van der Waals surface area (Å²) in [6.07, 6.45) is 2.91. The molecule has 3 nitrogen and oxygen atoms in total. The highest BCUT2D eigenvalue weighted by Gasteiger charge is 2.32. The van der Waals surface area contributed by atoms with Crippen molar-refractivity contribution < 1.29 is 4.79 Å². The highest BCUT2D eigenvalue weighted by molar-refractivity contribution is 5.81. The Hall–Kier alpha value is -0.410. The fourth-order valence-corrected chi connectivity index (χ4v) is 2.07. The van der Waals surface area contributed by atoms with Crippen molar-refractivity contribution in [2.45, 2.75) is 38.6 Å². The lowest BCUT2D eigenvalue weighted by Gasteiger charge is -2.41. The van der Waals surface area contributed by atoms with Crippen molar-refractivity contribution >= 4 is 5.78 Å². The standard InChI is InChI=1S/C12H24N2O/c1-12(2)7-6-11(15)10-14(12)9-5-8-13(3)4/h5-10H2,1-4H3. The summed E-state index contributed by atoms with van der Waals surface area (Å²) < 4.78 is 0. The fraction of sp³-hybridized carbons (Fsp3) is 0.917. The first-order chi connectivity index (χ1) is 6.92. The Bertz CT molecular complexity index is 224. The number of rotatable bonds is 4. The third-order valence-corrected chi connectivity index (χ3v) is 3.27. The zero-order valence-electron chi connectivity index (χ0n) is 10.5. The number of Topliss-reactive ketones (excluding diaryl/α,β-unsaturated/α-hetero) is 1. The average molecular weight is 212 g/mol. The summed E-state index contributed by atoms with van der Waals surface area (Å²) in [5.74, 6) is 0.402. The Balaban J connectivity index is 2.39. The smallest absolute Gasteiger partial charge is 0.146 e. The van der Waals surface area contributed by atoms with Gasteiger partial charge in [0.05, 0.1) is 6.54 Å². The summed E-state index contributed by atoms with van der Waals surface area (Å²) in [5, 5.41) is 0. The van der Waals surface area contributed by atoms with Gasteiger partial charge in [0.1, 0.15) is 5.78 Å². The van der Waals surface area contributed by atoms with E-state index in [-0.39, 0.29) is 5.54 Å². The van der Waals surface area contributed by atoms with Crippen LogP contribution in [-0.2, 0) is 4.79 Å². The monoisotopic (exact) mass is 212 g/mol. The molecule has 1 saturated heterocycles. The molecule has 0 amide bonds. The molecule has 0 spiro atoms. The largest absolute Gasteiger partial charge is 0.309 e. The van der Waals surface area contributed by atoms with Crippen LogP contribution in [0.4, 0.5) is 0 Å². The SMILES string of the molecule is CN(C)CCCN1CC(=O)CCC1(C)C. The summed E-state index contributed by atoms with van der Waals surface area (Å²) in [5.41, 5.74) is 0.209. The van der Waals surface area contributed by atoms with E-state index in [1.807, 2.05) is 0 Å². The predicted molar refractivity (Wildman–Crippen MR) is 63.1 cm³/mol. The van der Waals surface area contributed by atoms with Crippen LogP contribution >= 0.6 is 0 Å². The first-order valence-corrected chi connectivity index (χ1v) is 5.83. The maximum Gasteiger partial charge on any atom is 0.146 e. The van der Waals surface area contributed by atoms with Crippen molar-refractivity contribution in [3.63, 3.8) is 0 Å². The summed E-state index contributed by atoms with van der Waals surface area (Å²) in [4.78, 5) is 15.9. The Labute approximate surface area is 93.4 Å². The van der Waals surface area contributed by atoms with Gasteiger partial charge in [-0.25, -0.2) is 0 Å². The zero-order chi connectivity index (χ0) is 11.5. The molecule has 0 saturated carbocycles. The molecular weight excluding hydrogens is 188 g/mol. The van der Waals surface area contributed by atoms with Gasteiger partial charge in [0.25, 0.3) is 0 Å². The van der Waals surface area contributed by atoms with Crippen LogP contribution < -0.4 is 0 Å². The van der Waals surface area contributed by atoms with Crippen molar-refractivity contribution in [1.82, 2.24) is 9.80 Å². The van der Waals surface area contributed by atoms with E-state index < -0.39 is 0 Å². The fourth-order valence-electron chi connectivity index (χ4n) is 2.07. The van der Waals surface area contributed by atoms with Crippen LogP contribution in [0.15, 0.2) is 0 Å². The summed E-state index contributed by atoms with van der Waals surface area (Å²) in [6.45, 7) is 7.28. The van der Waals surface area contributed by atoms with E-state index in [0.29, 0.717) is 12.3 Å². The van der Waals surface area contributed by atoms with Crippen molar-refractivity contribution in [2.75, 3.05) is 33.7 Å². The Kier molecular flexibility index (Phi) is 4.29. The van der Waals surface area contributed by atoms with Gasteiger partial charge in [-0.05, 0) is 47.3 Å². The van der Waals surface area contributed by atoms with Crippen LogP contribution in [0, 0.1) is 0 Å². The Morgan fingerprint density at radius 3 is 2.67 bits per heavy atom. The molecule has 0 aromatic carbocycles. The lowest BCUT2D eigenvalue weighted by atomic mass is 9.90. The van der Waals surface area contributed by atoms with Crippen LogP contribution in [0.1, 0.15) is 33.1 Å². The van der Waals surface area contributed by atoms with Crippen molar-refractivity contribution in [3.05, 3.63) is 0 Å². The second kappa shape index (κ2) is 5.08. The number of carbonyl (C=O) groups is 1. The number of carbonyl (C=O) groups excluding carboxylic acids is 1. The molecule has 0 aromatic rings. The van der Waals surface area contributed by atoms with Gasteiger partial charge < -0.3 is 4.90 Å². The van der Waals surface area contributed by atoms with Crippen LogP contribution in [0.3, 0.4) is 0 Å². The van der Waals surface area contributed by atoms with Gasteiger partial charge in [-0.15, -0.1) is 0 Å². The molecule has 0 aliphatic carbocycles. The molecule has 3 heteroatoms. The molecule has 0 atom stereocenters. The third kappa shape index (κ3) is 3.92. The van der Waals surface area contributed by atoms with E-state index in [0.717, 1.165) is 32.4 Å². The van der Waals surface area contributed by atoms with E-state index in [1.54, 1.807) is 0 Å². The molecule has 0 radical (unpaired) electrons. The summed E-state index contributed by atoms with van der Waals surface area (Å²) >= 11 is 0. The normalized spacial score (nSPS) is 22.3. The van der Waals surface area contributed by atoms with Crippen molar-refractivity contribution in [1.29, 1.82) is 0 Å². The third-order valence-electron chi connectivity index (χ3n) is 3.27. The molecule has 1 aliphatic heterocycles. The summed E-state index contributed by atoms with van der Waals surface area (Å²) in [6, 6.07) is 0. The molecule has 1 rings (SSSR count). The number of likely N-dealkylation sites (tertiary alicyclic amines) is 1. The van der Waals surface area contributed by atoms with E-state index in [2.05, 4.69) is 37.7 Å². The van der Waals surface area contributed by atoms with Gasteiger partial charge in [0.2, 0.25) is 0 Å². The Morgan fingerprint density at radius 2 is 2.07 bits per heavy atom. The van der Waals surface area contributed by atoms with Gasteiger partial charge >= 0.3 is 0 Å². The number of nitrogens with zero attached hydrogens (tertiary/aromatic N) is 2. The van der Waals surface area contributed by atoms with Gasteiger partial charge in [-0.1, -0.05) is 0 Å². The zero-order valence-corrected chi connectivity index (χ0v) is 10.5. The molecule has 0 N–H and O–H groups in total. The van der Waals surface area contributed by atoms with Gasteiger partial charge in [-0.3, -0.25) is 9.69 Å². The predicted octanol–water partition coefficient (Wildman–Crippen LogP) is 1.38. The number of piperidine rings is 1. The quantitative estimate of drug-likeness (QED) is 0.703. The number of hydrogen-bond donors (Lipinski definition) is 0. The minimum Gasteiger partial charge on any atom is -0.309 e. The topological polar surface area (TPSA) is 23.6 Å². The molecular formula is C12H24N2O. The molecule has 0 bridgehead atoms. The maximum atomic E-state index is 11.4. The second-order valence-corrected chi connectivity index (χ2v) is 5.43.